The maximum absolute atomic E-state index is 13.3. The highest BCUT2D eigenvalue weighted by molar-refractivity contribution is 6.31. The smallest absolute Gasteiger partial charge is 0.248 e. The lowest BCUT2D eigenvalue weighted by Gasteiger charge is -2.26. The first-order chi connectivity index (χ1) is 11.5. The van der Waals surface area contributed by atoms with Crippen molar-refractivity contribution >= 4 is 23.3 Å². The third-order valence-electron chi connectivity index (χ3n) is 3.72. The summed E-state index contributed by atoms with van der Waals surface area (Å²) >= 11 is 6.16. The molecular weight excluding hydrogens is 331 g/mol. The zero-order valence-corrected chi connectivity index (χ0v) is 13.5. The van der Waals surface area contributed by atoms with Crippen molar-refractivity contribution in [1.82, 2.24) is 10.3 Å². The van der Waals surface area contributed by atoms with Crippen molar-refractivity contribution in [3.8, 4) is 0 Å². The van der Waals surface area contributed by atoms with Crippen LogP contribution in [0.5, 0.6) is 0 Å². The quantitative estimate of drug-likeness (QED) is 0.898. The summed E-state index contributed by atoms with van der Waals surface area (Å²) in [6.45, 7) is 1.74. The number of nitrogens with zero attached hydrogens (tertiary/aromatic N) is 2. The Hall–Kier alpha value is -2.73. The molecule has 0 aliphatic carbocycles. The molecule has 7 heteroatoms. The monoisotopic (exact) mass is 344 g/mol. The van der Waals surface area contributed by atoms with E-state index < -0.39 is 17.8 Å². The second-order valence-corrected chi connectivity index (χ2v) is 5.72. The van der Waals surface area contributed by atoms with Crippen molar-refractivity contribution in [3.63, 3.8) is 0 Å². The number of primary amides is 1. The molecule has 1 unspecified atom stereocenters. The summed E-state index contributed by atoms with van der Waals surface area (Å²) in [4.78, 5) is 20.4. The predicted octanol–water partition coefficient (Wildman–Crippen LogP) is 2.72. The van der Waals surface area contributed by atoms with Crippen LogP contribution in [0.2, 0.25) is 5.02 Å². The Labute approximate surface area is 143 Å². The van der Waals surface area contributed by atoms with Crippen LogP contribution in [0.4, 0.5) is 4.39 Å². The summed E-state index contributed by atoms with van der Waals surface area (Å²) in [6.07, 6.45) is 3.28. The van der Waals surface area contributed by atoms with Gasteiger partial charge in [-0.1, -0.05) is 17.7 Å². The SMILES string of the molecule is CC1=C(C(N)=O)C(c2ccc(F)cc2Cl)N=C(c2ccncc2)N1. The van der Waals surface area contributed by atoms with Gasteiger partial charge in [-0.3, -0.25) is 14.8 Å². The molecule has 2 aromatic rings. The van der Waals surface area contributed by atoms with Crippen LogP contribution in [0.3, 0.4) is 0 Å². The average molecular weight is 345 g/mol. The maximum atomic E-state index is 13.3. The molecule has 0 saturated heterocycles. The summed E-state index contributed by atoms with van der Waals surface area (Å²) in [5, 5.41) is 3.26. The lowest BCUT2D eigenvalue weighted by atomic mass is 9.95. The van der Waals surface area contributed by atoms with E-state index in [2.05, 4.69) is 15.3 Å². The highest BCUT2D eigenvalue weighted by Gasteiger charge is 2.29. The molecule has 1 aliphatic rings. The van der Waals surface area contributed by atoms with Crippen LogP contribution in [0.15, 0.2) is 59.0 Å². The normalized spacial score (nSPS) is 17.3. The van der Waals surface area contributed by atoms with Gasteiger partial charge in [0.1, 0.15) is 17.7 Å². The van der Waals surface area contributed by atoms with Crippen molar-refractivity contribution in [2.45, 2.75) is 13.0 Å². The molecule has 0 bridgehead atoms. The molecule has 24 heavy (non-hydrogen) atoms. The minimum absolute atomic E-state index is 0.186. The van der Waals surface area contributed by atoms with E-state index in [9.17, 15) is 9.18 Å². The highest BCUT2D eigenvalue weighted by atomic mass is 35.5. The Bertz CT molecular complexity index is 864. The zero-order chi connectivity index (χ0) is 17.3. The number of benzene rings is 1. The van der Waals surface area contributed by atoms with Gasteiger partial charge in [-0.15, -0.1) is 0 Å². The minimum Gasteiger partial charge on any atom is -0.366 e. The first kappa shape index (κ1) is 16.1. The van der Waals surface area contributed by atoms with E-state index in [0.29, 0.717) is 22.7 Å². The standard InChI is InChI=1S/C17H14ClFN4O/c1-9-14(16(20)24)15(12-3-2-11(19)8-13(12)18)23-17(22-9)10-4-6-21-7-5-10/h2-8,15H,1H3,(H2,20,24)(H,22,23). The number of amidine groups is 1. The topological polar surface area (TPSA) is 80.4 Å². The van der Waals surface area contributed by atoms with Crippen molar-refractivity contribution in [1.29, 1.82) is 0 Å². The van der Waals surface area contributed by atoms with Crippen molar-refractivity contribution in [2.24, 2.45) is 10.7 Å². The fourth-order valence-corrected chi connectivity index (χ4v) is 2.87. The number of hydrogen-bond donors (Lipinski definition) is 2. The number of hydrogen-bond acceptors (Lipinski definition) is 4. The summed E-state index contributed by atoms with van der Waals surface area (Å²) in [6, 6.07) is 6.85. The first-order valence-electron chi connectivity index (χ1n) is 7.18. The first-order valence-corrected chi connectivity index (χ1v) is 7.56. The van der Waals surface area contributed by atoms with Crippen LogP contribution >= 0.6 is 11.6 Å². The predicted molar refractivity (Wildman–Crippen MR) is 90.0 cm³/mol. The molecule has 1 aromatic carbocycles. The lowest BCUT2D eigenvalue weighted by Crippen LogP contribution is -2.34. The van der Waals surface area contributed by atoms with Gasteiger partial charge >= 0.3 is 0 Å². The fraction of sp³-hybridized carbons (Fsp3) is 0.118. The third kappa shape index (κ3) is 3.00. The number of rotatable bonds is 3. The highest BCUT2D eigenvalue weighted by Crippen LogP contribution is 2.35. The molecule has 0 fully saturated rings. The molecule has 0 radical (unpaired) electrons. The second kappa shape index (κ2) is 6.41. The number of nitrogens with two attached hydrogens (primary N) is 1. The van der Waals surface area contributed by atoms with E-state index in [1.807, 2.05) is 0 Å². The molecule has 122 valence electrons. The number of pyridine rings is 1. The number of halogens is 2. The number of amides is 1. The van der Waals surface area contributed by atoms with Crippen LogP contribution < -0.4 is 11.1 Å². The molecule has 3 rings (SSSR count). The van der Waals surface area contributed by atoms with Gasteiger partial charge in [0.15, 0.2) is 0 Å². The molecule has 1 amide bonds. The number of aromatic nitrogens is 1. The van der Waals surface area contributed by atoms with E-state index in [1.54, 1.807) is 31.5 Å². The molecule has 2 heterocycles. The molecule has 0 saturated carbocycles. The van der Waals surface area contributed by atoms with Gasteiger partial charge in [-0.2, -0.15) is 0 Å². The summed E-state index contributed by atoms with van der Waals surface area (Å²) in [7, 11) is 0. The number of carbonyl (C=O) groups is 1. The molecule has 5 nitrogen and oxygen atoms in total. The van der Waals surface area contributed by atoms with Gasteiger partial charge < -0.3 is 11.1 Å². The molecule has 1 atom stereocenters. The largest absolute Gasteiger partial charge is 0.366 e. The van der Waals surface area contributed by atoms with Gasteiger partial charge in [-0.05, 0) is 31.2 Å². The van der Waals surface area contributed by atoms with E-state index in [-0.39, 0.29) is 5.02 Å². The van der Waals surface area contributed by atoms with E-state index >= 15 is 0 Å². The molecule has 1 aliphatic heterocycles. The van der Waals surface area contributed by atoms with Crippen LogP contribution in [-0.2, 0) is 4.79 Å². The number of aliphatic imine (C=N–C) groups is 1. The second-order valence-electron chi connectivity index (χ2n) is 5.31. The van der Waals surface area contributed by atoms with Crippen LogP contribution in [0.25, 0.3) is 0 Å². The zero-order valence-electron chi connectivity index (χ0n) is 12.8. The minimum atomic E-state index is -0.708. The lowest BCUT2D eigenvalue weighted by molar-refractivity contribution is -0.114. The Morgan fingerprint density at radius 1 is 1.29 bits per heavy atom. The number of carbonyl (C=O) groups excluding carboxylic acids is 1. The van der Waals surface area contributed by atoms with Crippen LogP contribution in [0, 0.1) is 5.82 Å². The fourth-order valence-electron chi connectivity index (χ4n) is 2.60. The van der Waals surface area contributed by atoms with Gasteiger partial charge in [0.25, 0.3) is 0 Å². The Balaban J connectivity index is 2.14. The van der Waals surface area contributed by atoms with Gasteiger partial charge in [-0.25, -0.2) is 4.39 Å². The molecular formula is C17H14ClFN4O. The van der Waals surface area contributed by atoms with E-state index in [1.165, 1.54) is 18.2 Å². The summed E-state index contributed by atoms with van der Waals surface area (Å²) in [5.74, 6) is -0.509. The molecule has 1 aromatic heterocycles. The Kier molecular flexibility index (Phi) is 4.31. The van der Waals surface area contributed by atoms with Crippen LogP contribution in [0.1, 0.15) is 24.1 Å². The third-order valence-corrected chi connectivity index (χ3v) is 4.05. The number of nitrogens with one attached hydrogen (secondary N) is 1. The van der Waals surface area contributed by atoms with Crippen LogP contribution in [-0.4, -0.2) is 16.7 Å². The summed E-state index contributed by atoms with van der Waals surface area (Å²) in [5.41, 5.74) is 7.70. The molecule has 0 spiro atoms. The van der Waals surface area contributed by atoms with Crippen molar-refractivity contribution in [2.75, 3.05) is 0 Å². The summed E-state index contributed by atoms with van der Waals surface area (Å²) < 4.78 is 13.3. The average Bonchev–Trinajstić information content (AvgIpc) is 2.54. The molecule has 3 N–H and O–H groups in total. The van der Waals surface area contributed by atoms with Gasteiger partial charge in [0.05, 0.1) is 5.57 Å². The van der Waals surface area contributed by atoms with Gasteiger partial charge in [0, 0.05) is 34.2 Å². The maximum Gasteiger partial charge on any atom is 0.248 e. The van der Waals surface area contributed by atoms with Crippen molar-refractivity contribution in [3.05, 3.63) is 76.0 Å². The van der Waals surface area contributed by atoms with Crippen molar-refractivity contribution < 1.29 is 9.18 Å². The Morgan fingerprint density at radius 3 is 2.62 bits per heavy atom. The van der Waals surface area contributed by atoms with E-state index in [4.69, 9.17) is 17.3 Å². The van der Waals surface area contributed by atoms with E-state index in [0.717, 1.165) is 5.56 Å². The van der Waals surface area contributed by atoms with Gasteiger partial charge in [0.2, 0.25) is 5.91 Å². The number of allylic oxidation sites excluding steroid dienone is 1. The Morgan fingerprint density at radius 2 is 2.00 bits per heavy atom.